The van der Waals surface area contributed by atoms with Crippen LogP contribution in [0.1, 0.15) is 26.2 Å². The number of carbonyl (C=O) groups excluding carboxylic acids is 1. The summed E-state index contributed by atoms with van der Waals surface area (Å²) in [6.45, 7) is 5.66. The number of piperidine rings is 1. The molecule has 1 atom stereocenters. The number of carbonyl (C=O) groups is 1. The van der Waals surface area contributed by atoms with Crippen molar-refractivity contribution in [1.29, 1.82) is 0 Å². The van der Waals surface area contributed by atoms with E-state index in [0.717, 1.165) is 36.1 Å². The van der Waals surface area contributed by atoms with Crippen LogP contribution in [-0.4, -0.2) is 62.8 Å². The molecule has 0 radical (unpaired) electrons. The number of benzene rings is 1. The Morgan fingerprint density at radius 3 is 2.89 bits per heavy atom. The van der Waals surface area contributed by atoms with Crippen molar-refractivity contribution in [2.75, 3.05) is 31.5 Å². The number of anilines is 1. The van der Waals surface area contributed by atoms with Gasteiger partial charge in [-0.3, -0.25) is 4.79 Å². The Bertz CT molecular complexity index is 932. The van der Waals surface area contributed by atoms with Gasteiger partial charge in [0.1, 0.15) is 6.04 Å². The molecular formula is C19H25N7O. The fraction of sp³-hybridized carbons (Fsp3) is 0.474. The molecule has 1 aliphatic rings. The van der Waals surface area contributed by atoms with Crippen LogP contribution < -0.4 is 10.6 Å². The summed E-state index contributed by atoms with van der Waals surface area (Å²) in [5.74, 6) is 0.468. The van der Waals surface area contributed by atoms with Crippen molar-refractivity contribution in [1.82, 2.24) is 30.0 Å². The van der Waals surface area contributed by atoms with Crippen LogP contribution in [0.4, 0.5) is 5.95 Å². The maximum absolute atomic E-state index is 12.5. The molecule has 0 unspecified atom stereocenters. The van der Waals surface area contributed by atoms with Crippen LogP contribution in [0.5, 0.6) is 0 Å². The summed E-state index contributed by atoms with van der Waals surface area (Å²) in [4.78, 5) is 19.5. The number of likely N-dealkylation sites (tertiary alicyclic amines) is 1. The third kappa shape index (κ3) is 3.85. The predicted octanol–water partition coefficient (Wildman–Crippen LogP) is 1.68. The minimum Gasteiger partial charge on any atom is -0.353 e. The molecule has 1 fully saturated rings. The summed E-state index contributed by atoms with van der Waals surface area (Å²) in [6, 6.07) is 7.41. The molecule has 1 aromatic carbocycles. The van der Waals surface area contributed by atoms with Crippen LogP contribution in [-0.2, 0) is 4.79 Å². The van der Waals surface area contributed by atoms with Gasteiger partial charge in [0.05, 0.1) is 17.2 Å². The van der Waals surface area contributed by atoms with Gasteiger partial charge in [-0.25, -0.2) is 4.98 Å². The van der Waals surface area contributed by atoms with Crippen LogP contribution in [0.15, 0.2) is 30.5 Å². The van der Waals surface area contributed by atoms with E-state index in [0.29, 0.717) is 12.5 Å². The highest BCUT2D eigenvalue weighted by Gasteiger charge is 2.17. The van der Waals surface area contributed by atoms with Crippen LogP contribution in [0, 0.1) is 0 Å². The fourth-order valence-corrected chi connectivity index (χ4v) is 3.55. The molecule has 142 valence electrons. The normalized spacial score (nSPS) is 16.5. The molecule has 2 N–H and O–H groups in total. The lowest BCUT2D eigenvalue weighted by Gasteiger charge is -2.26. The zero-order valence-corrected chi connectivity index (χ0v) is 15.6. The maximum atomic E-state index is 12.5. The zero-order chi connectivity index (χ0) is 18.6. The van der Waals surface area contributed by atoms with Crippen molar-refractivity contribution in [2.45, 2.75) is 32.2 Å². The van der Waals surface area contributed by atoms with Crippen molar-refractivity contribution < 1.29 is 4.79 Å². The lowest BCUT2D eigenvalue weighted by molar-refractivity contribution is -0.121. The van der Waals surface area contributed by atoms with Crippen LogP contribution >= 0.6 is 0 Å². The van der Waals surface area contributed by atoms with E-state index in [2.05, 4.69) is 30.8 Å². The number of nitrogens with zero attached hydrogens (tertiary/aromatic N) is 5. The molecular weight excluding hydrogens is 342 g/mol. The molecule has 4 rings (SSSR count). The topological polar surface area (TPSA) is 87.5 Å². The number of amides is 1. The SMILES string of the molecule is C[C@@H](Nc1nc2ccccc2c2cnnn12)C(=O)NCCN1CCCCC1. The average Bonchev–Trinajstić information content (AvgIpc) is 3.19. The van der Waals surface area contributed by atoms with E-state index in [1.54, 1.807) is 10.7 Å². The Hall–Kier alpha value is -2.74. The molecule has 0 aliphatic carbocycles. The first-order valence-corrected chi connectivity index (χ1v) is 9.58. The van der Waals surface area contributed by atoms with Gasteiger partial charge in [0.15, 0.2) is 0 Å². The predicted molar refractivity (Wildman–Crippen MR) is 105 cm³/mol. The van der Waals surface area contributed by atoms with Crippen molar-refractivity contribution in [3.05, 3.63) is 30.5 Å². The minimum atomic E-state index is -0.424. The second-order valence-electron chi connectivity index (χ2n) is 7.04. The van der Waals surface area contributed by atoms with Gasteiger partial charge < -0.3 is 15.5 Å². The lowest BCUT2D eigenvalue weighted by atomic mass is 10.1. The van der Waals surface area contributed by atoms with Crippen molar-refractivity contribution in [2.24, 2.45) is 0 Å². The number of fused-ring (bicyclic) bond motifs is 3. The smallest absolute Gasteiger partial charge is 0.242 e. The Labute approximate surface area is 157 Å². The van der Waals surface area contributed by atoms with E-state index >= 15 is 0 Å². The summed E-state index contributed by atoms with van der Waals surface area (Å²) >= 11 is 0. The number of rotatable bonds is 6. The average molecular weight is 367 g/mol. The molecule has 1 saturated heterocycles. The highest BCUT2D eigenvalue weighted by atomic mass is 16.2. The highest BCUT2D eigenvalue weighted by Crippen LogP contribution is 2.20. The standard InChI is InChI=1S/C19H25N7O/c1-14(18(27)20-9-12-25-10-5-2-6-11-25)22-19-23-16-8-4-3-7-15(16)17-13-21-24-26(17)19/h3-4,7-8,13-14H,2,5-6,9-12H2,1H3,(H,20,27)(H,22,23)/t14-/m1/s1. The number of hydrogen-bond acceptors (Lipinski definition) is 6. The number of nitrogens with one attached hydrogen (secondary N) is 2. The molecule has 0 spiro atoms. The van der Waals surface area contributed by atoms with Crippen molar-refractivity contribution in [3.8, 4) is 0 Å². The summed E-state index contributed by atoms with van der Waals surface area (Å²) < 4.78 is 1.64. The van der Waals surface area contributed by atoms with Gasteiger partial charge in [-0.15, -0.1) is 5.10 Å². The third-order valence-electron chi connectivity index (χ3n) is 5.07. The maximum Gasteiger partial charge on any atom is 0.242 e. The summed E-state index contributed by atoms with van der Waals surface area (Å²) in [6.07, 6.45) is 5.54. The summed E-state index contributed by atoms with van der Waals surface area (Å²) in [7, 11) is 0. The van der Waals surface area contributed by atoms with Crippen molar-refractivity contribution >= 4 is 28.3 Å². The van der Waals surface area contributed by atoms with Crippen LogP contribution in [0.3, 0.4) is 0 Å². The third-order valence-corrected chi connectivity index (χ3v) is 5.07. The van der Waals surface area contributed by atoms with Crippen LogP contribution in [0.2, 0.25) is 0 Å². The van der Waals surface area contributed by atoms with Gasteiger partial charge in [0.2, 0.25) is 11.9 Å². The van der Waals surface area contributed by atoms with Gasteiger partial charge in [0.25, 0.3) is 0 Å². The summed E-state index contributed by atoms with van der Waals surface area (Å²) in [5.41, 5.74) is 1.70. The zero-order valence-electron chi connectivity index (χ0n) is 15.6. The second-order valence-corrected chi connectivity index (χ2v) is 7.04. The van der Waals surface area contributed by atoms with Gasteiger partial charge >= 0.3 is 0 Å². The van der Waals surface area contributed by atoms with Gasteiger partial charge in [-0.05, 0) is 38.9 Å². The van der Waals surface area contributed by atoms with E-state index in [4.69, 9.17) is 0 Å². The van der Waals surface area contributed by atoms with E-state index < -0.39 is 6.04 Å². The monoisotopic (exact) mass is 367 g/mol. The van der Waals surface area contributed by atoms with E-state index in [-0.39, 0.29) is 5.91 Å². The number of para-hydroxylation sites is 1. The molecule has 1 amide bonds. The first-order valence-electron chi connectivity index (χ1n) is 9.58. The first-order chi connectivity index (χ1) is 13.2. The molecule has 0 saturated carbocycles. The molecule has 8 heteroatoms. The second kappa shape index (κ2) is 7.87. The van der Waals surface area contributed by atoms with E-state index in [1.807, 2.05) is 31.2 Å². The lowest BCUT2D eigenvalue weighted by Crippen LogP contribution is -2.42. The quantitative estimate of drug-likeness (QED) is 0.689. The molecule has 3 aromatic rings. The van der Waals surface area contributed by atoms with Gasteiger partial charge in [-0.2, -0.15) is 4.52 Å². The highest BCUT2D eigenvalue weighted by molar-refractivity contribution is 5.94. The Morgan fingerprint density at radius 2 is 2.04 bits per heavy atom. The molecule has 3 heterocycles. The molecule has 8 nitrogen and oxygen atoms in total. The van der Waals surface area contributed by atoms with E-state index in [1.165, 1.54) is 19.3 Å². The fourth-order valence-electron chi connectivity index (χ4n) is 3.55. The largest absolute Gasteiger partial charge is 0.353 e. The molecule has 0 bridgehead atoms. The van der Waals surface area contributed by atoms with Crippen molar-refractivity contribution in [3.63, 3.8) is 0 Å². The minimum absolute atomic E-state index is 0.0461. The number of hydrogen-bond donors (Lipinski definition) is 2. The molecule has 27 heavy (non-hydrogen) atoms. The van der Waals surface area contributed by atoms with Gasteiger partial charge in [-0.1, -0.05) is 29.8 Å². The van der Waals surface area contributed by atoms with Gasteiger partial charge in [0, 0.05) is 18.5 Å². The molecule has 2 aromatic heterocycles. The van der Waals surface area contributed by atoms with E-state index in [9.17, 15) is 4.79 Å². The summed E-state index contributed by atoms with van der Waals surface area (Å²) in [5, 5.41) is 15.3. The Balaban J connectivity index is 1.41. The number of aromatic nitrogens is 4. The Kier molecular flexibility index (Phi) is 5.15. The molecule has 1 aliphatic heterocycles. The van der Waals surface area contributed by atoms with Crippen LogP contribution in [0.25, 0.3) is 16.4 Å². The first kappa shape index (κ1) is 17.7. The Morgan fingerprint density at radius 1 is 1.22 bits per heavy atom.